The van der Waals surface area contributed by atoms with Crippen LogP contribution in [0.5, 0.6) is 0 Å². The highest BCUT2D eigenvalue weighted by atomic mass is 19.1. The SMILES string of the molecule is CC1C=CC=CC1c1cc(NC2CCCC(NC(=O)N3CCCC3)C2)nc(-c2c[nH]c3c(F)cc(F)cc23)n1. The Morgan fingerprint density at radius 2 is 1.82 bits per heavy atom. The summed E-state index contributed by atoms with van der Waals surface area (Å²) in [5, 5.41) is 7.24. The second-order valence-corrected chi connectivity index (χ2v) is 11.0. The van der Waals surface area contributed by atoms with Crippen LogP contribution in [0.3, 0.4) is 0 Å². The number of hydrogen-bond acceptors (Lipinski definition) is 4. The number of nitrogens with one attached hydrogen (secondary N) is 3. The molecule has 1 aliphatic heterocycles. The van der Waals surface area contributed by atoms with Gasteiger partial charge in [0.25, 0.3) is 0 Å². The third-order valence-corrected chi connectivity index (χ3v) is 8.19. The summed E-state index contributed by atoms with van der Waals surface area (Å²) in [5.41, 5.74) is 1.62. The Hall–Kier alpha value is -3.75. The van der Waals surface area contributed by atoms with Gasteiger partial charge in [-0.15, -0.1) is 0 Å². The summed E-state index contributed by atoms with van der Waals surface area (Å²) in [4.78, 5) is 27.2. The molecule has 1 saturated carbocycles. The Kier molecular flexibility index (Phi) is 7.06. The molecular formula is C30H34F2N6O. The fraction of sp³-hybridized carbons (Fsp3) is 0.433. The van der Waals surface area contributed by atoms with E-state index >= 15 is 0 Å². The molecule has 3 aliphatic rings. The van der Waals surface area contributed by atoms with E-state index < -0.39 is 11.6 Å². The number of halogens is 2. The zero-order valence-electron chi connectivity index (χ0n) is 22.1. The fourth-order valence-electron chi connectivity index (χ4n) is 6.10. The topological polar surface area (TPSA) is 85.9 Å². The normalized spacial score (nSPS) is 24.8. The first kappa shape index (κ1) is 25.5. The molecule has 6 rings (SSSR count). The predicted molar refractivity (Wildman–Crippen MR) is 148 cm³/mol. The van der Waals surface area contributed by atoms with Gasteiger partial charge in [-0.3, -0.25) is 0 Å². The molecule has 0 spiro atoms. The lowest BCUT2D eigenvalue weighted by molar-refractivity contribution is 0.200. The number of H-pyrrole nitrogens is 1. The van der Waals surface area contributed by atoms with Crippen LogP contribution in [0.25, 0.3) is 22.3 Å². The van der Waals surface area contributed by atoms with Crippen molar-refractivity contribution in [3.63, 3.8) is 0 Å². The minimum atomic E-state index is -0.649. The minimum absolute atomic E-state index is 0.0367. The van der Waals surface area contributed by atoms with Crippen molar-refractivity contribution in [2.24, 2.45) is 5.92 Å². The van der Waals surface area contributed by atoms with Crippen LogP contribution in [0.1, 0.15) is 57.1 Å². The molecule has 2 amide bonds. The second-order valence-electron chi connectivity index (χ2n) is 11.0. The Morgan fingerprint density at radius 3 is 2.64 bits per heavy atom. The molecule has 4 unspecified atom stereocenters. The number of carbonyl (C=O) groups is 1. The summed E-state index contributed by atoms with van der Waals surface area (Å²) in [6, 6.07) is 4.45. The zero-order valence-corrected chi connectivity index (χ0v) is 22.1. The van der Waals surface area contributed by atoms with Crippen LogP contribution in [-0.2, 0) is 0 Å². The third kappa shape index (κ3) is 5.40. The lowest BCUT2D eigenvalue weighted by atomic mass is 9.87. The molecule has 1 saturated heterocycles. The highest BCUT2D eigenvalue weighted by Crippen LogP contribution is 2.34. The van der Waals surface area contributed by atoms with E-state index in [0.717, 1.165) is 63.4 Å². The number of fused-ring (bicyclic) bond motifs is 1. The fourth-order valence-corrected chi connectivity index (χ4v) is 6.10. The number of carbonyl (C=O) groups excluding carboxylic acids is 1. The van der Waals surface area contributed by atoms with Crippen LogP contribution in [0.15, 0.2) is 48.7 Å². The number of benzene rings is 1. The van der Waals surface area contributed by atoms with Crippen molar-refractivity contribution in [1.29, 1.82) is 0 Å². The van der Waals surface area contributed by atoms with Gasteiger partial charge in [0.05, 0.1) is 11.2 Å². The van der Waals surface area contributed by atoms with Crippen LogP contribution in [0.2, 0.25) is 0 Å². The number of likely N-dealkylation sites (tertiary alicyclic amines) is 1. The molecule has 0 bridgehead atoms. The van der Waals surface area contributed by atoms with Crippen LogP contribution in [0, 0.1) is 17.6 Å². The highest BCUT2D eigenvalue weighted by Gasteiger charge is 2.27. The standard InChI is InChI=1S/C30H34F2N6O/c1-18-7-2-3-10-22(18)26-16-27(34-20-8-6-9-21(15-20)35-30(39)38-11-4-5-12-38)37-29(36-26)24-17-33-28-23(24)13-19(31)14-25(28)32/h2-3,7,10,13-14,16-18,20-22,33H,4-6,8-9,11-12,15H2,1H3,(H,35,39)(H,34,36,37). The van der Waals surface area contributed by atoms with Gasteiger partial charge in [0.15, 0.2) is 5.82 Å². The summed E-state index contributed by atoms with van der Waals surface area (Å²) in [5.74, 6) is 0.0830. The van der Waals surface area contributed by atoms with E-state index in [1.54, 1.807) is 6.20 Å². The Morgan fingerprint density at radius 1 is 1.03 bits per heavy atom. The third-order valence-electron chi connectivity index (χ3n) is 8.19. The second kappa shape index (κ2) is 10.8. The number of aromatic amines is 1. The number of hydrogen-bond donors (Lipinski definition) is 3. The minimum Gasteiger partial charge on any atom is -0.367 e. The molecule has 2 aromatic heterocycles. The van der Waals surface area contributed by atoms with Crippen molar-refractivity contribution in [3.05, 3.63) is 66.0 Å². The van der Waals surface area contributed by atoms with E-state index in [9.17, 15) is 13.6 Å². The van der Waals surface area contributed by atoms with Crippen LogP contribution >= 0.6 is 0 Å². The number of aromatic nitrogens is 3. The number of rotatable bonds is 5. The zero-order chi connectivity index (χ0) is 26.9. The van der Waals surface area contributed by atoms with E-state index in [1.807, 2.05) is 23.1 Å². The quantitative estimate of drug-likeness (QED) is 0.361. The maximum absolute atomic E-state index is 14.4. The summed E-state index contributed by atoms with van der Waals surface area (Å²) in [6.07, 6.45) is 15.8. The first-order valence-corrected chi connectivity index (χ1v) is 14.0. The number of nitrogens with zero attached hydrogens (tertiary/aromatic N) is 3. The molecule has 3 aromatic rings. The molecule has 2 aliphatic carbocycles. The number of anilines is 1. The van der Waals surface area contributed by atoms with Crippen LogP contribution in [-0.4, -0.2) is 51.1 Å². The van der Waals surface area contributed by atoms with E-state index in [1.165, 1.54) is 6.07 Å². The van der Waals surface area contributed by atoms with Gasteiger partial charge < -0.3 is 20.5 Å². The molecule has 0 radical (unpaired) electrons. The molecule has 1 aromatic carbocycles. The first-order valence-electron chi connectivity index (χ1n) is 14.0. The van der Waals surface area contributed by atoms with E-state index in [2.05, 4.69) is 34.7 Å². The average molecular weight is 533 g/mol. The van der Waals surface area contributed by atoms with Gasteiger partial charge in [0.2, 0.25) is 0 Å². The summed E-state index contributed by atoms with van der Waals surface area (Å²) < 4.78 is 28.6. The molecule has 4 atom stereocenters. The Bertz CT molecular complexity index is 1430. The number of urea groups is 1. The van der Waals surface area contributed by atoms with Crippen molar-refractivity contribution < 1.29 is 13.6 Å². The van der Waals surface area contributed by atoms with E-state index in [4.69, 9.17) is 9.97 Å². The van der Waals surface area contributed by atoms with Crippen molar-refractivity contribution in [2.45, 2.75) is 63.5 Å². The van der Waals surface area contributed by atoms with Gasteiger partial charge >= 0.3 is 6.03 Å². The van der Waals surface area contributed by atoms with Crippen LogP contribution in [0.4, 0.5) is 19.4 Å². The van der Waals surface area contributed by atoms with Gasteiger partial charge in [0, 0.05) is 60.4 Å². The molecule has 3 N–H and O–H groups in total. The van der Waals surface area contributed by atoms with Crippen molar-refractivity contribution in [2.75, 3.05) is 18.4 Å². The van der Waals surface area contributed by atoms with Crippen LogP contribution < -0.4 is 10.6 Å². The Labute approximate surface area is 226 Å². The molecule has 39 heavy (non-hydrogen) atoms. The van der Waals surface area contributed by atoms with Gasteiger partial charge in [-0.05, 0) is 50.5 Å². The highest BCUT2D eigenvalue weighted by molar-refractivity contribution is 5.94. The summed E-state index contributed by atoms with van der Waals surface area (Å²) in [6.45, 7) is 3.81. The van der Waals surface area contributed by atoms with Crippen molar-refractivity contribution in [3.8, 4) is 11.4 Å². The predicted octanol–water partition coefficient (Wildman–Crippen LogP) is 6.28. The maximum Gasteiger partial charge on any atom is 0.317 e. The van der Waals surface area contributed by atoms with Gasteiger partial charge in [-0.2, -0.15) is 0 Å². The molecule has 3 heterocycles. The summed E-state index contributed by atoms with van der Waals surface area (Å²) in [7, 11) is 0. The molecule has 204 valence electrons. The summed E-state index contributed by atoms with van der Waals surface area (Å²) >= 11 is 0. The molecule has 9 heteroatoms. The lowest BCUT2D eigenvalue weighted by Crippen LogP contribution is -2.47. The monoisotopic (exact) mass is 532 g/mol. The molecule has 2 fully saturated rings. The molecular weight excluding hydrogens is 498 g/mol. The number of amides is 2. The van der Waals surface area contributed by atoms with E-state index in [-0.39, 0.29) is 35.5 Å². The smallest absolute Gasteiger partial charge is 0.317 e. The van der Waals surface area contributed by atoms with Gasteiger partial charge in [-0.1, -0.05) is 31.2 Å². The molecule has 7 nitrogen and oxygen atoms in total. The first-order chi connectivity index (χ1) is 18.9. The van der Waals surface area contributed by atoms with Gasteiger partial charge in [-0.25, -0.2) is 23.5 Å². The number of allylic oxidation sites excluding steroid dienone is 4. The van der Waals surface area contributed by atoms with Crippen molar-refractivity contribution >= 4 is 22.8 Å². The van der Waals surface area contributed by atoms with Crippen molar-refractivity contribution in [1.82, 2.24) is 25.2 Å². The lowest BCUT2D eigenvalue weighted by Gasteiger charge is -2.32. The maximum atomic E-state index is 14.4. The Balaban J connectivity index is 1.29. The average Bonchev–Trinajstić information content (AvgIpc) is 3.60. The largest absolute Gasteiger partial charge is 0.367 e. The van der Waals surface area contributed by atoms with E-state index in [0.29, 0.717) is 22.6 Å². The van der Waals surface area contributed by atoms with Gasteiger partial charge in [0.1, 0.15) is 17.5 Å².